The third-order valence-corrected chi connectivity index (χ3v) is 3.70. The van der Waals surface area contributed by atoms with Crippen LogP contribution in [-0.4, -0.2) is 37.6 Å². The fourth-order valence-corrected chi connectivity index (χ4v) is 2.15. The van der Waals surface area contributed by atoms with E-state index in [9.17, 15) is 0 Å². The molecule has 0 aliphatic heterocycles. The summed E-state index contributed by atoms with van der Waals surface area (Å²) >= 11 is 0. The molecule has 84 valence electrons. The number of likely N-dealkylation sites (N-methyl/N-ethyl adjacent to an activating group) is 1. The first-order chi connectivity index (χ1) is 6.63. The normalized spacial score (nSPS) is 29.8. The summed E-state index contributed by atoms with van der Waals surface area (Å²) in [4.78, 5) is 2.28. The summed E-state index contributed by atoms with van der Waals surface area (Å²) in [5, 5.41) is 3.69. The third-order valence-electron chi connectivity index (χ3n) is 3.70. The Hall–Kier alpha value is -0.0800. The Morgan fingerprint density at radius 3 is 2.57 bits per heavy atom. The van der Waals surface area contributed by atoms with E-state index < -0.39 is 0 Å². The van der Waals surface area contributed by atoms with Crippen LogP contribution in [0.3, 0.4) is 0 Å². The van der Waals surface area contributed by atoms with Gasteiger partial charge in [0.1, 0.15) is 0 Å². The second kappa shape index (κ2) is 5.72. The molecular weight excluding hydrogens is 172 g/mol. The van der Waals surface area contributed by atoms with Crippen molar-refractivity contribution < 1.29 is 0 Å². The molecule has 2 nitrogen and oxygen atoms in total. The summed E-state index contributed by atoms with van der Waals surface area (Å²) in [5.74, 6) is 0.988. The molecule has 3 unspecified atom stereocenters. The largest absolute Gasteiger partial charge is 0.312 e. The molecule has 14 heavy (non-hydrogen) atoms. The van der Waals surface area contributed by atoms with Crippen LogP contribution in [0.15, 0.2) is 0 Å². The maximum absolute atomic E-state index is 3.69. The summed E-state index contributed by atoms with van der Waals surface area (Å²) in [7, 11) is 4.30. The average molecular weight is 198 g/mol. The van der Waals surface area contributed by atoms with E-state index in [2.05, 4.69) is 38.2 Å². The molecule has 1 fully saturated rings. The van der Waals surface area contributed by atoms with Crippen molar-refractivity contribution >= 4 is 0 Å². The molecule has 1 saturated carbocycles. The van der Waals surface area contributed by atoms with E-state index in [-0.39, 0.29) is 0 Å². The Morgan fingerprint density at radius 1 is 1.36 bits per heavy atom. The van der Waals surface area contributed by atoms with E-state index in [1.165, 1.54) is 25.7 Å². The molecule has 0 aromatic heterocycles. The first-order valence-corrected chi connectivity index (χ1v) is 6.03. The van der Waals surface area contributed by atoms with Gasteiger partial charge in [0.05, 0.1) is 0 Å². The number of nitrogens with zero attached hydrogens (tertiary/aromatic N) is 1. The summed E-state index contributed by atoms with van der Waals surface area (Å²) in [6.45, 7) is 5.73. The minimum absolute atomic E-state index is 0.649. The van der Waals surface area contributed by atoms with E-state index >= 15 is 0 Å². The minimum atomic E-state index is 0.649. The Bertz CT molecular complexity index is 156. The molecule has 0 spiro atoms. The van der Waals surface area contributed by atoms with Gasteiger partial charge in [0.15, 0.2) is 0 Å². The average Bonchev–Trinajstić information content (AvgIpc) is 2.61. The molecule has 0 aromatic rings. The van der Waals surface area contributed by atoms with E-state index in [1.807, 2.05) is 0 Å². The van der Waals surface area contributed by atoms with Crippen molar-refractivity contribution in [1.29, 1.82) is 0 Å². The molecule has 1 rings (SSSR count). The number of rotatable bonds is 5. The molecule has 2 heteroatoms. The fraction of sp³-hybridized carbons (Fsp3) is 1.00. The summed E-state index contributed by atoms with van der Waals surface area (Å²) in [5.41, 5.74) is 0. The molecule has 0 bridgehead atoms. The Labute approximate surface area is 89.1 Å². The lowest BCUT2D eigenvalue weighted by molar-refractivity contribution is 0.292. The predicted molar refractivity (Wildman–Crippen MR) is 62.6 cm³/mol. The SMILES string of the molecule is CCC1CCC(NCC(C)N(C)C)C1. The Morgan fingerprint density at radius 2 is 2.07 bits per heavy atom. The zero-order valence-electron chi connectivity index (χ0n) is 10.2. The quantitative estimate of drug-likeness (QED) is 0.728. The lowest BCUT2D eigenvalue weighted by atomic mass is 10.1. The van der Waals surface area contributed by atoms with Crippen LogP contribution in [0.25, 0.3) is 0 Å². The van der Waals surface area contributed by atoms with Gasteiger partial charge in [-0.2, -0.15) is 0 Å². The van der Waals surface area contributed by atoms with Crippen LogP contribution >= 0.6 is 0 Å². The fourth-order valence-electron chi connectivity index (χ4n) is 2.15. The van der Waals surface area contributed by atoms with Crippen molar-refractivity contribution in [3.63, 3.8) is 0 Å². The van der Waals surface area contributed by atoms with Gasteiger partial charge in [0, 0.05) is 18.6 Å². The Kier molecular flexibility index (Phi) is 4.90. The van der Waals surface area contributed by atoms with Gasteiger partial charge in [-0.25, -0.2) is 0 Å². The number of nitrogens with one attached hydrogen (secondary N) is 1. The van der Waals surface area contributed by atoms with Gasteiger partial charge in [0.2, 0.25) is 0 Å². The van der Waals surface area contributed by atoms with Crippen LogP contribution in [0, 0.1) is 5.92 Å². The van der Waals surface area contributed by atoms with E-state index in [0.29, 0.717) is 6.04 Å². The van der Waals surface area contributed by atoms with Gasteiger partial charge >= 0.3 is 0 Å². The zero-order chi connectivity index (χ0) is 10.6. The molecular formula is C12H26N2. The van der Waals surface area contributed by atoms with Gasteiger partial charge in [-0.15, -0.1) is 0 Å². The van der Waals surface area contributed by atoms with Crippen LogP contribution in [0.1, 0.15) is 39.5 Å². The molecule has 3 atom stereocenters. The molecule has 0 aromatic carbocycles. The van der Waals surface area contributed by atoms with Crippen LogP contribution in [0.4, 0.5) is 0 Å². The molecule has 0 radical (unpaired) electrons. The summed E-state index contributed by atoms with van der Waals surface area (Å²) < 4.78 is 0. The second-order valence-corrected chi connectivity index (χ2v) is 5.01. The van der Waals surface area contributed by atoms with Crippen molar-refractivity contribution in [3.8, 4) is 0 Å². The highest BCUT2D eigenvalue weighted by atomic mass is 15.1. The van der Waals surface area contributed by atoms with Gasteiger partial charge in [-0.05, 0) is 46.2 Å². The molecule has 0 saturated heterocycles. The summed E-state index contributed by atoms with van der Waals surface area (Å²) in [6, 6.07) is 1.44. The standard InChI is InChI=1S/C12H26N2/c1-5-11-6-7-12(8-11)13-9-10(2)14(3)4/h10-13H,5-9H2,1-4H3. The first kappa shape index (κ1) is 12.0. The highest BCUT2D eigenvalue weighted by molar-refractivity contribution is 4.81. The zero-order valence-corrected chi connectivity index (χ0v) is 10.2. The van der Waals surface area contributed by atoms with Crippen LogP contribution in [0.2, 0.25) is 0 Å². The molecule has 1 aliphatic carbocycles. The van der Waals surface area contributed by atoms with Crippen molar-refractivity contribution in [2.75, 3.05) is 20.6 Å². The smallest absolute Gasteiger partial charge is 0.0186 e. The first-order valence-electron chi connectivity index (χ1n) is 6.03. The molecule has 1 N–H and O–H groups in total. The molecule has 1 aliphatic rings. The van der Waals surface area contributed by atoms with Gasteiger partial charge in [-0.1, -0.05) is 13.3 Å². The number of hydrogen-bond donors (Lipinski definition) is 1. The van der Waals surface area contributed by atoms with Crippen molar-refractivity contribution in [1.82, 2.24) is 10.2 Å². The topological polar surface area (TPSA) is 15.3 Å². The Balaban J connectivity index is 2.14. The maximum Gasteiger partial charge on any atom is 0.0186 e. The van der Waals surface area contributed by atoms with Crippen LogP contribution in [-0.2, 0) is 0 Å². The number of hydrogen-bond acceptors (Lipinski definition) is 2. The van der Waals surface area contributed by atoms with Crippen molar-refractivity contribution in [2.24, 2.45) is 5.92 Å². The monoisotopic (exact) mass is 198 g/mol. The van der Waals surface area contributed by atoms with Crippen LogP contribution < -0.4 is 5.32 Å². The van der Waals surface area contributed by atoms with E-state index in [4.69, 9.17) is 0 Å². The van der Waals surface area contributed by atoms with Gasteiger partial charge < -0.3 is 10.2 Å². The van der Waals surface area contributed by atoms with E-state index in [1.54, 1.807) is 0 Å². The van der Waals surface area contributed by atoms with Crippen molar-refractivity contribution in [3.05, 3.63) is 0 Å². The lowest BCUT2D eigenvalue weighted by Crippen LogP contribution is -2.39. The lowest BCUT2D eigenvalue weighted by Gasteiger charge is -2.22. The minimum Gasteiger partial charge on any atom is -0.312 e. The van der Waals surface area contributed by atoms with E-state index in [0.717, 1.165) is 18.5 Å². The maximum atomic E-state index is 3.69. The highest BCUT2D eigenvalue weighted by Gasteiger charge is 2.23. The molecule has 0 amide bonds. The van der Waals surface area contributed by atoms with Gasteiger partial charge in [0.25, 0.3) is 0 Å². The van der Waals surface area contributed by atoms with Gasteiger partial charge in [-0.3, -0.25) is 0 Å². The predicted octanol–water partition coefficient (Wildman–Crippen LogP) is 2.10. The highest BCUT2D eigenvalue weighted by Crippen LogP contribution is 2.27. The third kappa shape index (κ3) is 3.58. The van der Waals surface area contributed by atoms with Crippen molar-refractivity contribution in [2.45, 2.75) is 51.6 Å². The molecule has 0 heterocycles. The second-order valence-electron chi connectivity index (χ2n) is 5.01. The van der Waals surface area contributed by atoms with Crippen LogP contribution in [0.5, 0.6) is 0 Å². The summed E-state index contributed by atoms with van der Waals surface area (Å²) in [6.07, 6.45) is 5.58.